The SMILES string of the molecule is N#Cc1cc(-c2ccccc2Br)on1. The summed E-state index contributed by atoms with van der Waals surface area (Å²) in [6.07, 6.45) is 0. The lowest BCUT2D eigenvalue weighted by Gasteiger charge is -1.96. The highest BCUT2D eigenvalue weighted by Crippen LogP contribution is 2.27. The Bertz CT molecular complexity index is 499. The zero-order valence-corrected chi connectivity index (χ0v) is 8.65. The minimum Gasteiger partial charge on any atom is -0.355 e. The summed E-state index contributed by atoms with van der Waals surface area (Å²) in [6.45, 7) is 0. The van der Waals surface area contributed by atoms with Crippen molar-refractivity contribution in [3.05, 3.63) is 40.5 Å². The summed E-state index contributed by atoms with van der Waals surface area (Å²) in [5.41, 5.74) is 1.18. The van der Waals surface area contributed by atoms with Gasteiger partial charge in [0.2, 0.25) is 0 Å². The third-order valence-corrected chi connectivity index (χ3v) is 2.46. The second kappa shape index (κ2) is 3.64. The maximum absolute atomic E-state index is 8.58. The van der Waals surface area contributed by atoms with Gasteiger partial charge in [0.05, 0.1) is 0 Å². The minimum absolute atomic E-state index is 0.288. The number of hydrogen-bond donors (Lipinski definition) is 0. The molecule has 0 amide bonds. The number of halogens is 1. The maximum atomic E-state index is 8.58. The molecule has 68 valence electrons. The van der Waals surface area contributed by atoms with E-state index in [2.05, 4.69) is 21.1 Å². The van der Waals surface area contributed by atoms with Crippen molar-refractivity contribution in [1.82, 2.24) is 5.16 Å². The fraction of sp³-hybridized carbons (Fsp3) is 0. The van der Waals surface area contributed by atoms with E-state index in [1.165, 1.54) is 0 Å². The number of nitrogens with zero attached hydrogens (tertiary/aromatic N) is 2. The molecule has 0 aliphatic carbocycles. The zero-order chi connectivity index (χ0) is 9.97. The molecule has 1 aromatic carbocycles. The van der Waals surface area contributed by atoms with Crippen molar-refractivity contribution in [3.63, 3.8) is 0 Å². The molecule has 0 fully saturated rings. The topological polar surface area (TPSA) is 49.8 Å². The molecular weight excluding hydrogens is 244 g/mol. The number of nitriles is 1. The molecule has 2 rings (SSSR count). The van der Waals surface area contributed by atoms with Crippen LogP contribution in [0, 0.1) is 11.3 Å². The van der Waals surface area contributed by atoms with Gasteiger partial charge in [-0.25, -0.2) is 0 Å². The van der Waals surface area contributed by atoms with Crippen LogP contribution in [0.3, 0.4) is 0 Å². The van der Waals surface area contributed by atoms with E-state index >= 15 is 0 Å². The Hall–Kier alpha value is -1.60. The molecule has 1 aromatic heterocycles. The van der Waals surface area contributed by atoms with Gasteiger partial charge in [0.1, 0.15) is 6.07 Å². The maximum Gasteiger partial charge on any atom is 0.184 e. The quantitative estimate of drug-likeness (QED) is 0.780. The highest BCUT2D eigenvalue weighted by molar-refractivity contribution is 9.10. The van der Waals surface area contributed by atoms with E-state index in [0.29, 0.717) is 5.76 Å². The molecule has 0 spiro atoms. The van der Waals surface area contributed by atoms with E-state index in [0.717, 1.165) is 10.0 Å². The van der Waals surface area contributed by atoms with Crippen LogP contribution < -0.4 is 0 Å². The molecule has 1 heterocycles. The first-order chi connectivity index (χ1) is 6.81. The molecule has 0 bridgehead atoms. The highest BCUT2D eigenvalue weighted by Gasteiger charge is 2.08. The van der Waals surface area contributed by atoms with Crippen LogP contribution in [0.2, 0.25) is 0 Å². The lowest BCUT2D eigenvalue weighted by Crippen LogP contribution is -1.74. The van der Waals surface area contributed by atoms with E-state index in [1.807, 2.05) is 30.3 Å². The summed E-state index contributed by atoms with van der Waals surface area (Å²) in [5.74, 6) is 0.592. The van der Waals surface area contributed by atoms with E-state index < -0.39 is 0 Å². The molecule has 0 unspecified atom stereocenters. The van der Waals surface area contributed by atoms with Crippen LogP contribution in [0.25, 0.3) is 11.3 Å². The van der Waals surface area contributed by atoms with Crippen LogP contribution in [-0.2, 0) is 0 Å². The summed E-state index contributed by atoms with van der Waals surface area (Å²) in [4.78, 5) is 0. The lowest BCUT2D eigenvalue weighted by molar-refractivity contribution is 0.430. The summed E-state index contributed by atoms with van der Waals surface area (Å²) < 4.78 is 5.94. The first-order valence-electron chi connectivity index (χ1n) is 3.93. The summed E-state index contributed by atoms with van der Waals surface area (Å²) in [7, 11) is 0. The largest absolute Gasteiger partial charge is 0.355 e. The van der Waals surface area contributed by atoms with E-state index in [1.54, 1.807) is 6.07 Å². The summed E-state index contributed by atoms with van der Waals surface area (Å²) >= 11 is 3.39. The van der Waals surface area contributed by atoms with Crippen LogP contribution in [0.4, 0.5) is 0 Å². The van der Waals surface area contributed by atoms with Gasteiger partial charge in [0, 0.05) is 16.1 Å². The third kappa shape index (κ3) is 1.54. The molecule has 2 aromatic rings. The second-order valence-corrected chi connectivity index (χ2v) is 3.52. The smallest absolute Gasteiger partial charge is 0.184 e. The number of hydrogen-bond acceptors (Lipinski definition) is 3. The van der Waals surface area contributed by atoms with Crippen molar-refractivity contribution in [2.45, 2.75) is 0 Å². The van der Waals surface area contributed by atoms with E-state index in [9.17, 15) is 0 Å². The average Bonchev–Trinajstić information content (AvgIpc) is 2.67. The van der Waals surface area contributed by atoms with Gasteiger partial charge in [0.25, 0.3) is 0 Å². The van der Waals surface area contributed by atoms with Gasteiger partial charge < -0.3 is 4.52 Å². The molecule has 0 atom stereocenters. The van der Waals surface area contributed by atoms with Gasteiger partial charge in [0.15, 0.2) is 11.5 Å². The van der Waals surface area contributed by atoms with Gasteiger partial charge >= 0.3 is 0 Å². The Kier molecular flexibility index (Phi) is 2.33. The Labute approximate surface area is 89.1 Å². The van der Waals surface area contributed by atoms with Crippen molar-refractivity contribution >= 4 is 15.9 Å². The Morgan fingerprint density at radius 2 is 2.14 bits per heavy atom. The number of rotatable bonds is 1. The Morgan fingerprint density at radius 1 is 1.36 bits per heavy atom. The van der Waals surface area contributed by atoms with Crippen molar-refractivity contribution in [1.29, 1.82) is 5.26 Å². The van der Waals surface area contributed by atoms with Gasteiger partial charge in [-0.2, -0.15) is 5.26 Å². The Morgan fingerprint density at radius 3 is 2.79 bits per heavy atom. The lowest BCUT2D eigenvalue weighted by atomic mass is 10.2. The normalized spacial score (nSPS) is 9.71. The molecule has 0 aliphatic rings. The third-order valence-electron chi connectivity index (χ3n) is 1.76. The van der Waals surface area contributed by atoms with Crippen molar-refractivity contribution in [2.24, 2.45) is 0 Å². The molecule has 4 heteroatoms. The predicted octanol–water partition coefficient (Wildman–Crippen LogP) is 2.98. The first-order valence-corrected chi connectivity index (χ1v) is 4.72. The van der Waals surface area contributed by atoms with Crippen LogP contribution in [0.5, 0.6) is 0 Å². The highest BCUT2D eigenvalue weighted by atomic mass is 79.9. The van der Waals surface area contributed by atoms with E-state index in [-0.39, 0.29) is 5.69 Å². The van der Waals surface area contributed by atoms with Crippen molar-refractivity contribution < 1.29 is 4.52 Å². The molecule has 0 N–H and O–H groups in total. The van der Waals surface area contributed by atoms with Crippen molar-refractivity contribution in [3.8, 4) is 17.4 Å². The number of aromatic nitrogens is 1. The zero-order valence-electron chi connectivity index (χ0n) is 7.07. The van der Waals surface area contributed by atoms with Crippen LogP contribution in [-0.4, -0.2) is 5.16 Å². The average molecular weight is 249 g/mol. The summed E-state index contributed by atoms with van der Waals surface area (Å²) in [5, 5.41) is 12.2. The van der Waals surface area contributed by atoms with Gasteiger partial charge in [-0.15, -0.1) is 0 Å². The summed E-state index contributed by atoms with van der Waals surface area (Å²) in [6, 6.07) is 11.1. The van der Waals surface area contributed by atoms with E-state index in [4.69, 9.17) is 9.78 Å². The fourth-order valence-corrected chi connectivity index (χ4v) is 1.60. The Balaban J connectivity index is 2.51. The molecule has 14 heavy (non-hydrogen) atoms. The standard InChI is InChI=1S/C10H5BrN2O/c11-9-4-2-1-3-8(9)10-5-7(6-12)13-14-10/h1-5H. The molecular formula is C10H5BrN2O. The van der Waals surface area contributed by atoms with Crippen LogP contribution in [0.1, 0.15) is 5.69 Å². The first kappa shape index (κ1) is 8.97. The van der Waals surface area contributed by atoms with Crippen LogP contribution in [0.15, 0.2) is 39.3 Å². The van der Waals surface area contributed by atoms with Crippen molar-refractivity contribution in [2.75, 3.05) is 0 Å². The minimum atomic E-state index is 0.288. The molecule has 0 saturated carbocycles. The van der Waals surface area contributed by atoms with Gasteiger partial charge in [-0.1, -0.05) is 33.2 Å². The molecule has 3 nitrogen and oxygen atoms in total. The van der Waals surface area contributed by atoms with Gasteiger partial charge in [-0.05, 0) is 12.1 Å². The monoisotopic (exact) mass is 248 g/mol. The van der Waals surface area contributed by atoms with Gasteiger partial charge in [-0.3, -0.25) is 0 Å². The fourth-order valence-electron chi connectivity index (χ4n) is 1.12. The predicted molar refractivity (Wildman–Crippen MR) is 54.4 cm³/mol. The molecule has 0 aliphatic heterocycles. The van der Waals surface area contributed by atoms with Crippen LogP contribution >= 0.6 is 15.9 Å². The second-order valence-electron chi connectivity index (χ2n) is 2.67. The molecule has 0 saturated heterocycles. The number of benzene rings is 1. The molecule has 0 radical (unpaired) electrons.